The number of nitrogens with zero attached hydrogens (tertiary/aromatic N) is 2. The first-order valence-corrected chi connectivity index (χ1v) is 7.40. The van der Waals surface area contributed by atoms with Crippen LogP contribution in [0.25, 0.3) is 0 Å². The lowest BCUT2D eigenvalue weighted by Crippen LogP contribution is -2.46. The maximum atomic E-state index is 12.3. The van der Waals surface area contributed by atoms with E-state index in [1.54, 1.807) is 0 Å². The summed E-state index contributed by atoms with van der Waals surface area (Å²) >= 11 is 0. The van der Waals surface area contributed by atoms with Crippen LogP contribution in [-0.4, -0.2) is 55.0 Å². The van der Waals surface area contributed by atoms with Crippen LogP contribution in [0.3, 0.4) is 0 Å². The van der Waals surface area contributed by atoms with Gasteiger partial charge in [-0.15, -0.1) is 12.4 Å². The van der Waals surface area contributed by atoms with E-state index in [0.29, 0.717) is 25.0 Å². The van der Waals surface area contributed by atoms with Crippen molar-refractivity contribution in [1.82, 2.24) is 9.80 Å². The molecule has 19 heavy (non-hydrogen) atoms. The van der Waals surface area contributed by atoms with Crippen molar-refractivity contribution in [1.29, 1.82) is 0 Å². The monoisotopic (exact) mass is 289 g/mol. The highest BCUT2D eigenvalue weighted by atomic mass is 35.5. The minimum absolute atomic E-state index is 0. The first kappa shape index (κ1) is 16.7. The minimum Gasteiger partial charge on any atom is -0.342 e. The van der Waals surface area contributed by atoms with E-state index < -0.39 is 0 Å². The maximum Gasteiger partial charge on any atom is 0.236 e. The van der Waals surface area contributed by atoms with E-state index in [1.807, 2.05) is 11.9 Å². The van der Waals surface area contributed by atoms with Crippen LogP contribution in [0.2, 0.25) is 0 Å². The lowest BCUT2D eigenvalue weighted by Gasteiger charge is -2.29. The summed E-state index contributed by atoms with van der Waals surface area (Å²) < 4.78 is 0. The molecule has 0 aromatic heterocycles. The van der Waals surface area contributed by atoms with Crippen LogP contribution in [0.5, 0.6) is 0 Å². The third-order valence-corrected chi connectivity index (χ3v) is 4.32. The van der Waals surface area contributed by atoms with Crippen molar-refractivity contribution in [3.05, 3.63) is 0 Å². The molecule has 0 radical (unpaired) electrons. The van der Waals surface area contributed by atoms with Gasteiger partial charge >= 0.3 is 0 Å². The second-order valence-electron chi connectivity index (χ2n) is 5.85. The molecule has 1 unspecified atom stereocenters. The maximum absolute atomic E-state index is 12.3. The molecule has 5 heteroatoms. The average Bonchev–Trinajstić information content (AvgIpc) is 3.16. The zero-order chi connectivity index (χ0) is 13.0. The van der Waals surface area contributed by atoms with Gasteiger partial charge in [-0.25, -0.2) is 0 Å². The van der Waals surface area contributed by atoms with Gasteiger partial charge in [0.05, 0.1) is 6.54 Å². The summed E-state index contributed by atoms with van der Waals surface area (Å²) in [6, 6.07) is 0.404. The van der Waals surface area contributed by atoms with Gasteiger partial charge in [0, 0.05) is 25.7 Å². The Hall–Kier alpha value is -0.320. The Kier molecular flexibility index (Phi) is 7.11. The molecule has 1 saturated carbocycles. The summed E-state index contributed by atoms with van der Waals surface area (Å²) in [5.74, 6) is 1.02. The lowest BCUT2D eigenvalue weighted by atomic mass is 10.1. The summed E-state index contributed by atoms with van der Waals surface area (Å²) in [4.78, 5) is 16.5. The van der Waals surface area contributed by atoms with Gasteiger partial charge < -0.3 is 10.6 Å². The van der Waals surface area contributed by atoms with Gasteiger partial charge in [-0.2, -0.15) is 0 Å². The molecule has 2 fully saturated rings. The first-order valence-electron chi connectivity index (χ1n) is 7.40. The number of carbonyl (C=O) groups is 1. The highest BCUT2D eigenvalue weighted by Gasteiger charge is 2.33. The number of nitrogens with two attached hydrogens (primary N) is 1. The van der Waals surface area contributed by atoms with Crippen molar-refractivity contribution in [3.63, 3.8) is 0 Å². The van der Waals surface area contributed by atoms with Crippen molar-refractivity contribution >= 4 is 18.3 Å². The van der Waals surface area contributed by atoms with E-state index in [0.717, 1.165) is 19.0 Å². The highest BCUT2D eigenvalue weighted by molar-refractivity contribution is 5.85. The Morgan fingerprint density at radius 2 is 1.84 bits per heavy atom. The highest BCUT2D eigenvalue weighted by Crippen LogP contribution is 2.34. The van der Waals surface area contributed by atoms with Crippen LogP contribution in [0.4, 0.5) is 0 Å². The Morgan fingerprint density at radius 1 is 1.26 bits per heavy atom. The molecule has 112 valence electrons. The van der Waals surface area contributed by atoms with Gasteiger partial charge in [-0.3, -0.25) is 9.69 Å². The topological polar surface area (TPSA) is 49.6 Å². The van der Waals surface area contributed by atoms with Crippen molar-refractivity contribution in [3.8, 4) is 0 Å². The normalized spacial score (nSPS) is 21.7. The quantitative estimate of drug-likeness (QED) is 0.834. The molecular formula is C14H28ClN3O. The van der Waals surface area contributed by atoms with Crippen molar-refractivity contribution in [2.24, 2.45) is 11.7 Å². The smallest absolute Gasteiger partial charge is 0.236 e. The predicted molar refractivity (Wildman–Crippen MR) is 80.5 cm³/mol. The first-order chi connectivity index (χ1) is 8.72. The standard InChI is InChI=1S/C14H27N3O.ClH/c1-16(13(10-15)12-6-7-12)11-14(18)17-8-4-2-3-5-9-17;/h12-13H,2-11,15H2,1H3;1H. The zero-order valence-corrected chi connectivity index (χ0v) is 12.8. The second-order valence-corrected chi connectivity index (χ2v) is 5.85. The minimum atomic E-state index is 0. The van der Waals surface area contributed by atoms with Gasteiger partial charge in [0.2, 0.25) is 5.91 Å². The van der Waals surface area contributed by atoms with Crippen LogP contribution in [-0.2, 0) is 4.79 Å². The van der Waals surface area contributed by atoms with Crippen LogP contribution in [0.1, 0.15) is 38.5 Å². The number of halogens is 1. The number of hydrogen-bond donors (Lipinski definition) is 1. The van der Waals surface area contributed by atoms with Crippen molar-refractivity contribution < 1.29 is 4.79 Å². The molecule has 1 aliphatic carbocycles. The Labute approximate surface area is 123 Å². The fraction of sp³-hybridized carbons (Fsp3) is 0.929. The molecule has 1 heterocycles. The third kappa shape index (κ3) is 4.93. The van der Waals surface area contributed by atoms with Crippen LogP contribution >= 0.6 is 12.4 Å². The summed E-state index contributed by atoms with van der Waals surface area (Å²) in [5.41, 5.74) is 5.83. The largest absolute Gasteiger partial charge is 0.342 e. The average molecular weight is 290 g/mol. The summed E-state index contributed by atoms with van der Waals surface area (Å²) in [5, 5.41) is 0. The summed E-state index contributed by atoms with van der Waals surface area (Å²) in [6.45, 7) is 3.11. The van der Waals surface area contributed by atoms with E-state index in [4.69, 9.17) is 5.73 Å². The fourth-order valence-electron chi connectivity index (χ4n) is 2.96. The van der Waals surface area contributed by atoms with E-state index in [9.17, 15) is 4.79 Å². The van der Waals surface area contributed by atoms with Gasteiger partial charge in [0.15, 0.2) is 0 Å². The number of likely N-dealkylation sites (tertiary alicyclic amines) is 1. The molecule has 1 atom stereocenters. The van der Waals surface area contributed by atoms with E-state index >= 15 is 0 Å². The van der Waals surface area contributed by atoms with E-state index in [2.05, 4.69) is 4.90 Å². The van der Waals surface area contributed by atoms with Gasteiger partial charge in [0.25, 0.3) is 0 Å². The Balaban J connectivity index is 0.00000180. The van der Waals surface area contributed by atoms with Crippen LogP contribution < -0.4 is 5.73 Å². The van der Waals surface area contributed by atoms with Gasteiger partial charge in [-0.05, 0) is 38.6 Å². The number of likely N-dealkylation sites (N-methyl/N-ethyl adjacent to an activating group) is 1. The zero-order valence-electron chi connectivity index (χ0n) is 12.0. The molecule has 0 aromatic rings. The number of amides is 1. The molecule has 2 aliphatic rings. The van der Waals surface area contributed by atoms with E-state index in [1.165, 1.54) is 38.5 Å². The molecule has 1 aliphatic heterocycles. The summed E-state index contributed by atoms with van der Waals surface area (Å²) in [7, 11) is 2.05. The Bertz CT molecular complexity index is 276. The Morgan fingerprint density at radius 3 is 2.32 bits per heavy atom. The lowest BCUT2D eigenvalue weighted by molar-refractivity contribution is -0.132. The van der Waals surface area contributed by atoms with Crippen molar-refractivity contribution in [2.45, 2.75) is 44.6 Å². The second kappa shape index (κ2) is 8.08. The molecule has 1 amide bonds. The number of hydrogen-bond acceptors (Lipinski definition) is 3. The SMILES string of the molecule is CN(CC(=O)N1CCCCCC1)C(CN)C1CC1.Cl. The summed E-state index contributed by atoms with van der Waals surface area (Å²) in [6.07, 6.45) is 7.44. The van der Waals surface area contributed by atoms with E-state index in [-0.39, 0.29) is 12.4 Å². The van der Waals surface area contributed by atoms with Crippen molar-refractivity contribution in [2.75, 3.05) is 33.2 Å². The van der Waals surface area contributed by atoms with Crippen LogP contribution in [0, 0.1) is 5.92 Å². The molecule has 2 rings (SSSR count). The molecule has 0 aromatic carbocycles. The van der Waals surface area contributed by atoms with Crippen LogP contribution in [0.15, 0.2) is 0 Å². The van der Waals surface area contributed by atoms with Gasteiger partial charge in [0.1, 0.15) is 0 Å². The third-order valence-electron chi connectivity index (χ3n) is 4.32. The number of carbonyl (C=O) groups excluding carboxylic acids is 1. The molecule has 1 saturated heterocycles. The molecule has 0 bridgehead atoms. The molecule has 2 N–H and O–H groups in total. The van der Waals surface area contributed by atoms with Gasteiger partial charge in [-0.1, -0.05) is 12.8 Å². The molecular weight excluding hydrogens is 262 g/mol. The molecule has 4 nitrogen and oxygen atoms in total. The number of rotatable bonds is 5. The molecule has 0 spiro atoms. The predicted octanol–water partition coefficient (Wildman–Crippen LogP) is 1.48. The fourth-order valence-corrected chi connectivity index (χ4v) is 2.96.